The highest BCUT2D eigenvalue weighted by molar-refractivity contribution is 6.70. The molecule has 0 aliphatic heterocycles. The second-order valence-corrected chi connectivity index (χ2v) is 35.1. The van der Waals surface area contributed by atoms with Crippen molar-refractivity contribution in [1.82, 2.24) is 59.8 Å². The largest absolute Gasteiger partial charge is 0.250 e. The van der Waals surface area contributed by atoms with E-state index in [1.807, 2.05) is 0 Å². The first-order valence-corrected chi connectivity index (χ1v) is 31.6. The zero-order valence-electron chi connectivity index (χ0n) is 40.4. The van der Waals surface area contributed by atoms with E-state index in [1.165, 1.54) is 6.07 Å². The lowest BCUT2D eigenvalue weighted by Gasteiger charge is -2.16. The van der Waals surface area contributed by atoms with Crippen LogP contribution in [0.25, 0.3) is 50.4 Å². The fourth-order valence-corrected chi connectivity index (χ4v) is 8.43. The van der Waals surface area contributed by atoms with Gasteiger partial charge in [-0.15, -0.1) is 0 Å². The summed E-state index contributed by atoms with van der Waals surface area (Å²) in [4.78, 5) is 50.5. The molecule has 4 aromatic carbocycles. The maximum Gasteiger partial charge on any atom is 0.250 e. The summed E-state index contributed by atoms with van der Waals surface area (Å²) in [6.45, 7) is 6.93. The molecule has 4 aromatic heterocycles. The summed E-state index contributed by atoms with van der Waals surface area (Å²) in [6.07, 6.45) is 0. The number of benzene rings is 4. The molecule has 0 saturated carbocycles. The Morgan fingerprint density at radius 3 is 0.770 bits per heavy atom. The molecule has 462 valence electrons. The van der Waals surface area contributed by atoms with Crippen LogP contribution in [0.3, 0.4) is 0 Å². The van der Waals surface area contributed by atoms with E-state index in [0.717, 1.165) is 12.1 Å². The minimum absolute atomic E-state index is 0.0215. The van der Waals surface area contributed by atoms with Crippen molar-refractivity contribution in [3.8, 4) is 45.6 Å². The molecular weight excluding hydrogens is 1720 g/mol. The summed E-state index contributed by atoms with van der Waals surface area (Å²) in [5, 5.41) is 1.12. The zero-order valence-corrected chi connectivity index (χ0v) is 60.8. The van der Waals surface area contributed by atoms with E-state index < -0.39 is 65.0 Å². The molecule has 0 amide bonds. The topological polar surface area (TPSA) is 159 Å². The second-order valence-electron chi connectivity index (χ2n) is 15.6. The molecule has 0 aliphatic carbocycles. The standard InChI is InChI=1S/C12H4Cl6N4.C11H3Cl8N3.C11H4Cl7N3.C11H3Cl6F2N3/c1-19-7-4-2-6(3-5-7)8-20-9(11(13,14)15)22-10(21-8)12(16,17)18;12-4-2-1-3-5(13)6(4)7-20-8(10(14,15)16)22-9(21-7)11(17,18)19;12-6-3-1-5(2-4-6)7-19-8(10(13,14)15)21-9(20-7)11(16,17)18;12-10(13,14)8-20-7(21-9(22-8)11(15,16)17)6-4(18)2-1-3-5(6)19/h2-5H;1-3H;1-4H;1-3H. The Kier molecular flexibility index (Phi) is 28.0. The van der Waals surface area contributed by atoms with Crippen LogP contribution in [0.5, 0.6) is 0 Å². The summed E-state index contributed by atoms with van der Waals surface area (Å²) in [5.74, 6) is -3.90. The van der Waals surface area contributed by atoms with Gasteiger partial charge in [0, 0.05) is 16.1 Å². The predicted octanol–water partition coefficient (Wildman–Crippen LogP) is 23.6. The van der Waals surface area contributed by atoms with E-state index in [9.17, 15) is 8.78 Å². The number of hydrogen-bond acceptors (Lipinski definition) is 12. The summed E-state index contributed by atoms with van der Waals surface area (Å²) in [6, 6.07) is 21.2. The van der Waals surface area contributed by atoms with E-state index in [-0.39, 0.29) is 62.5 Å². The van der Waals surface area contributed by atoms with Gasteiger partial charge in [-0.3, -0.25) is 0 Å². The number of hydrogen-bond donors (Lipinski definition) is 0. The first-order chi connectivity index (χ1) is 39.7. The van der Waals surface area contributed by atoms with Crippen LogP contribution < -0.4 is 0 Å². The highest BCUT2D eigenvalue weighted by atomic mass is 35.6. The van der Waals surface area contributed by atoms with Crippen molar-refractivity contribution >= 4 is 319 Å². The fraction of sp³-hybridized carbons (Fsp3) is 0.178. The third kappa shape index (κ3) is 23.2. The van der Waals surface area contributed by atoms with Crippen LogP contribution in [0.4, 0.5) is 14.5 Å². The highest BCUT2D eigenvalue weighted by Gasteiger charge is 2.38. The molecular formula is C45H14Cl27F2N13. The zero-order chi connectivity index (χ0) is 65.8. The average molecular weight is 1730 g/mol. The monoisotopic (exact) mass is 1720 g/mol. The SMILES string of the molecule is Clc1ccc(-c2nc(C(Cl)(Cl)Cl)nc(C(Cl)(Cl)Cl)n2)cc1.Clc1cccc(Cl)c1-c1nc(C(Cl)(Cl)Cl)nc(C(Cl)(Cl)Cl)n1.Fc1cccc(F)c1-c1nc(C(Cl)(Cl)Cl)nc(C(Cl)(Cl)Cl)n1.[C-]#[N+]c1ccc(-c2nc(C(Cl)(Cl)Cl)nc(C(Cl)(Cl)Cl)n2)cc1. The third-order valence-electron chi connectivity index (χ3n) is 9.30. The van der Waals surface area contributed by atoms with Crippen LogP contribution in [0.2, 0.25) is 15.1 Å². The van der Waals surface area contributed by atoms with Crippen molar-refractivity contribution in [2.45, 2.75) is 30.3 Å². The quantitative estimate of drug-likeness (QED) is 0.121. The van der Waals surface area contributed by atoms with Crippen LogP contribution in [0.15, 0.2) is 84.9 Å². The maximum absolute atomic E-state index is 13.9. The summed E-state index contributed by atoms with van der Waals surface area (Å²) in [5.41, 5.74) is 1.37. The van der Waals surface area contributed by atoms with E-state index in [2.05, 4.69) is 64.7 Å². The molecule has 42 heteroatoms. The molecule has 87 heavy (non-hydrogen) atoms. The third-order valence-corrected chi connectivity index (χ3v) is 14.2. The average Bonchev–Trinajstić information content (AvgIpc) is 1.21. The Hall–Kier alpha value is 0.1000. The van der Waals surface area contributed by atoms with Crippen LogP contribution in [0.1, 0.15) is 46.6 Å². The smallest absolute Gasteiger partial charge is 0.238 e. The number of rotatable bonds is 4. The Labute approximate surface area is 625 Å². The number of aromatic nitrogens is 12. The first kappa shape index (κ1) is 77.8. The highest BCUT2D eigenvalue weighted by Crippen LogP contribution is 2.46. The molecule has 0 N–H and O–H groups in total. The fourth-order valence-electron chi connectivity index (χ4n) is 5.71. The van der Waals surface area contributed by atoms with Gasteiger partial charge in [0.2, 0.25) is 30.3 Å². The summed E-state index contributed by atoms with van der Waals surface area (Å²) >= 11 is 156. The molecule has 4 heterocycles. The van der Waals surface area contributed by atoms with Gasteiger partial charge in [0.25, 0.3) is 0 Å². The van der Waals surface area contributed by atoms with E-state index in [4.69, 9.17) is 320 Å². The van der Waals surface area contributed by atoms with Crippen LogP contribution in [0, 0.1) is 18.2 Å². The van der Waals surface area contributed by atoms with Crippen molar-refractivity contribution in [3.05, 3.63) is 170 Å². The van der Waals surface area contributed by atoms with Gasteiger partial charge in [-0.1, -0.05) is 350 Å². The van der Waals surface area contributed by atoms with Gasteiger partial charge in [0.05, 0.1) is 27.7 Å². The van der Waals surface area contributed by atoms with Gasteiger partial charge in [0.15, 0.2) is 75.6 Å². The molecule has 0 unspecified atom stereocenters. The Morgan fingerprint density at radius 1 is 0.287 bits per heavy atom. The van der Waals surface area contributed by atoms with Crippen molar-refractivity contribution < 1.29 is 8.78 Å². The number of halogens is 29. The van der Waals surface area contributed by atoms with Gasteiger partial charge in [-0.2, -0.15) is 0 Å². The number of alkyl halides is 24. The molecule has 0 aliphatic rings. The molecule has 8 rings (SSSR count). The van der Waals surface area contributed by atoms with E-state index >= 15 is 0 Å². The molecule has 0 saturated heterocycles. The van der Waals surface area contributed by atoms with Crippen LogP contribution >= 0.6 is 313 Å². The molecule has 8 aromatic rings. The predicted molar refractivity (Wildman–Crippen MR) is 356 cm³/mol. The second kappa shape index (κ2) is 31.3. The van der Waals surface area contributed by atoms with Gasteiger partial charge < -0.3 is 0 Å². The van der Waals surface area contributed by atoms with E-state index in [1.54, 1.807) is 66.7 Å². The first-order valence-electron chi connectivity index (χ1n) is 21.4. The lowest BCUT2D eigenvalue weighted by atomic mass is 10.2. The van der Waals surface area contributed by atoms with E-state index in [0.29, 0.717) is 27.4 Å². The normalized spacial score (nSPS) is 12.4. The van der Waals surface area contributed by atoms with Gasteiger partial charge in [-0.25, -0.2) is 73.4 Å². The Balaban J connectivity index is 0.000000212. The number of nitrogens with zero attached hydrogens (tertiary/aromatic N) is 13. The van der Waals surface area contributed by atoms with Crippen LogP contribution in [-0.4, -0.2) is 59.8 Å². The van der Waals surface area contributed by atoms with Crippen molar-refractivity contribution in [2.24, 2.45) is 0 Å². The van der Waals surface area contributed by atoms with Gasteiger partial charge >= 0.3 is 0 Å². The minimum atomic E-state index is -2.11. The lowest BCUT2D eigenvalue weighted by molar-refractivity contribution is 0.586. The molecule has 0 fully saturated rings. The maximum atomic E-state index is 13.9. The lowest BCUT2D eigenvalue weighted by Crippen LogP contribution is -2.17. The summed E-state index contributed by atoms with van der Waals surface area (Å²) < 4.78 is 12.0. The van der Waals surface area contributed by atoms with Crippen molar-refractivity contribution in [2.75, 3.05) is 0 Å². The minimum Gasteiger partial charge on any atom is -0.238 e. The van der Waals surface area contributed by atoms with Crippen LogP contribution in [-0.2, 0) is 30.3 Å². The van der Waals surface area contributed by atoms with Crippen molar-refractivity contribution in [1.29, 1.82) is 0 Å². The van der Waals surface area contributed by atoms with Gasteiger partial charge in [0.1, 0.15) is 11.6 Å². The Bertz CT molecular complexity index is 3490. The molecule has 0 atom stereocenters. The molecule has 0 spiro atoms. The molecule has 0 radical (unpaired) electrons. The molecule has 0 bridgehead atoms. The van der Waals surface area contributed by atoms with Crippen molar-refractivity contribution in [3.63, 3.8) is 0 Å². The summed E-state index contributed by atoms with van der Waals surface area (Å²) in [7, 11) is 0. The molecule has 13 nitrogen and oxygen atoms in total. The van der Waals surface area contributed by atoms with Gasteiger partial charge in [-0.05, 0) is 48.5 Å². The Morgan fingerprint density at radius 2 is 0.517 bits per heavy atom.